The topological polar surface area (TPSA) is 93.7 Å². The Hall–Kier alpha value is -2.13. The summed E-state index contributed by atoms with van der Waals surface area (Å²) >= 11 is 5.96. The van der Waals surface area contributed by atoms with Crippen molar-refractivity contribution in [3.05, 3.63) is 53.1 Å². The summed E-state index contributed by atoms with van der Waals surface area (Å²) in [4.78, 5) is 12.2. The van der Waals surface area contributed by atoms with Crippen LogP contribution in [0, 0.1) is 6.92 Å². The van der Waals surface area contributed by atoms with Gasteiger partial charge in [-0.25, -0.2) is 13.1 Å². The Labute approximate surface area is 175 Å². The van der Waals surface area contributed by atoms with Crippen LogP contribution in [0.2, 0.25) is 5.02 Å². The SMILES string of the molecule is Cc1cc(OCC(=O)Nc2ccc(S(=O)(=O)NCC3CCCO3)cc2)ccc1Cl. The second kappa shape index (κ2) is 9.58. The van der Waals surface area contributed by atoms with Crippen LogP contribution in [0.1, 0.15) is 18.4 Å². The van der Waals surface area contributed by atoms with Gasteiger partial charge in [-0.2, -0.15) is 0 Å². The molecular weight excluding hydrogens is 416 g/mol. The van der Waals surface area contributed by atoms with Gasteiger partial charge in [-0.15, -0.1) is 0 Å². The summed E-state index contributed by atoms with van der Waals surface area (Å²) in [6, 6.07) is 11.1. The highest BCUT2D eigenvalue weighted by atomic mass is 35.5. The molecule has 3 rings (SSSR count). The lowest BCUT2D eigenvalue weighted by molar-refractivity contribution is -0.118. The molecule has 9 heteroatoms. The zero-order chi connectivity index (χ0) is 20.9. The molecule has 1 amide bonds. The highest BCUT2D eigenvalue weighted by Crippen LogP contribution is 2.21. The number of hydrogen-bond acceptors (Lipinski definition) is 5. The fraction of sp³-hybridized carbons (Fsp3) is 0.350. The van der Waals surface area contributed by atoms with Crippen molar-refractivity contribution in [2.75, 3.05) is 25.1 Å². The van der Waals surface area contributed by atoms with E-state index in [1.54, 1.807) is 18.2 Å². The number of sulfonamides is 1. The van der Waals surface area contributed by atoms with Gasteiger partial charge in [-0.3, -0.25) is 4.79 Å². The zero-order valence-electron chi connectivity index (χ0n) is 16.0. The summed E-state index contributed by atoms with van der Waals surface area (Å²) < 4.78 is 38.1. The molecule has 2 aromatic carbocycles. The van der Waals surface area contributed by atoms with Crippen molar-refractivity contribution in [2.24, 2.45) is 0 Å². The second-order valence-electron chi connectivity index (χ2n) is 6.76. The third kappa shape index (κ3) is 6.17. The molecule has 7 nitrogen and oxygen atoms in total. The first-order valence-corrected chi connectivity index (χ1v) is 11.1. The minimum Gasteiger partial charge on any atom is -0.484 e. The van der Waals surface area contributed by atoms with Gasteiger partial charge in [-0.05, 0) is 67.8 Å². The number of amides is 1. The second-order valence-corrected chi connectivity index (χ2v) is 8.93. The summed E-state index contributed by atoms with van der Waals surface area (Å²) in [6.45, 7) is 2.59. The Kier molecular flexibility index (Phi) is 7.13. The van der Waals surface area contributed by atoms with E-state index in [-0.39, 0.29) is 30.1 Å². The van der Waals surface area contributed by atoms with Crippen LogP contribution in [0.4, 0.5) is 5.69 Å². The van der Waals surface area contributed by atoms with E-state index < -0.39 is 10.0 Å². The van der Waals surface area contributed by atoms with Gasteiger partial charge in [0.05, 0.1) is 11.0 Å². The Balaban J connectivity index is 1.51. The molecular formula is C20H23ClN2O5S. The Morgan fingerprint density at radius 3 is 2.66 bits per heavy atom. The predicted molar refractivity (Wildman–Crippen MR) is 111 cm³/mol. The van der Waals surface area contributed by atoms with Gasteiger partial charge in [-0.1, -0.05) is 11.6 Å². The minimum atomic E-state index is -3.63. The van der Waals surface area contributed by atoms with E-state index >= 15 is 0 Å². The molecule has 1 saturated heterocycles. The van der Waals surface area contributed by atoms with Gasteiger partial charge < -0.3 is 14.8 Å². The maximum atomic E-state index is 12.3. The number of rotatable bonds is 8. The molecule has 1 aliphatic rings. The van der Waals surface area contributed by atoms with E-state index in [0.717, 1.165) is 18.4 Å². The van der Waals surface area contributed by atoms with Crippen molar-refractivity contribution in [1.82, 2.24) is 4.72 Å². The number of benzene rings is 2. The van der Waals surface area contributed by atoms with Gasteiger partial charge in [0.2, 0.25) is 10.0 Å². The Morgan fingerprint density at radius 2 is 2.00 bits per heavy atom. The van der Waals surface area contributed by atoms with Crippen molar-refractivity contribution < 1.29 is 22.7 Å². The molecule has 29 heavy (non-hydrogen) atoms. The van der Waals surface area contributed by atoms with Gasteiger partial charge in [0.1, 0.15) is 5.75 Å². The van der Waals surface area contributed by atoms with Crippen LogP contribution in [-0.2, 0) is 19.6 Å². The number of anilines is 1. The Bertz CT molecular complexity index is 957. The third-order valence-electron chi connectivity index (χ3n) is 4.47. The number of ether oxygens (including phenoxy) is 2. The molecule has 0 aliphatic carbocycles. The molecule has 0 spiro atoms. The lowest BCUT2D eigenvalue weighted by atomic mass is 10.2. The van der Waals surface area contributed by atoms with E-state index in [4.69, 9.17) is 21.1 Å². The third-order valence-corrected chi connectivity index (χ3v) is 6.34. The summed E-state index contributed by atoms with van der Waals surface area (Å²) in [7, 11) is -3.63. The predicted octanol–water partition coefficient (Wildman–Crippen LogP) is 3.12. The standard InChI is InChI=1S/C20H23ClN2O5S/c1-14-11-16(6-9-19(14)21)28-13-20(24)23-15-4-7-18(8-5-15)29(25,26)22-12-17-3-2-10-27-17/h4-9,11,17,22H,2-3,10,12-13H2,1H3,(H,23,24). The van der Waals surface area contributed by atoms with Crippen LogP contribution < -0.4 is 14.8 Å². The summed E-state index contributed by atoms with van der Waals surface area (Å²) in [5.41, 5.74) is 1.33. The van der Waals surface area contributed by atoms with Gasteiger partial charge in [0.25, 0.3) is 5.91 Å². The van der Waals surface area contributed by atoms with Crippen LogP contribution in [0.15, 0.2) is 47.4 Å². The average Bonchev–Trinajstić information content (AvgIpc) is 3.22. The molecule has 2 N–H and O–H groups in total. The van der Waals surface area contributed by atoms with Crippen LogP contribution in [0.3, 0.4) is 0 Å². The number of aryl methyl sites for hydroxylation is 1. The molecule has 1 aliphatic heterocycles. The molecule has 0 bridgehead atoms. The fourth-order valence-corrected chi connectivity index (χ4v) is 4.05. The first kappa shape index (κ1) is 21.6. The monoisotopic (exact) mass is 438 g/mol. The number of halogens is 1. The normalized spacial score (nSPS) is 16.6. The molecule has 1 atom stereocenters. The van der Waals surface area contributed by atoms with Crippen molar-refractivity contribution in [2.45, 2.75) is 30.8 Å². The summed E-state index contributed by atoms with van der Waals surface area (Å²) in [6.07, 6.45) is 1.72. The molecule has 0 saturated carbocycles. The first-order valence-electron chi connectivity index (χ1n) is 9.23. The van der Waals surface area contributed by atoms with E-state index in [9.17, 15) is 13.2 Å². The number of nitrogens with one attached hydrogen (secondary N) is 2. The molecule has 0 aromatic heterocycles. The van der Waals surface area contributed by atoms with Crippen LogP contribution in [0.25, 0.3) is 0 Å². The first-order chi connectivity index (χ1) is 13.8. The minimum absolute atomic E-state index is 0.0761. The highest BCUT2D eigenvalue weighted by Gasteiger charge is 2.20. The molecule has 156 valence electrons. The molecule has 0 radical (unpaired) electrons. The highest BCUT2D eigenvalue weighted by molar-refractivity contribution is 7.89. The Morgan fingerprint density at radius 1 is 1.24 bits per heavy atom. The van der Waals surface area contributed by atoms with E-state index in [2.05, 4.69) is 10.0 Å². The lowest BCUT2D eigenvalue weighted by Gasteiger charge is -2.12. The van der Waals surface area contributed by atoms with E-state index in [1.807, 2.05) is 6.92 Å². The van der Waals surface area contributed by atoms with Crippen molar-refractivity contribution >= 4 is 33.2 Å². The quantitative estimate of drug-likeness (QED) is 0.660. The van der Waals surface area contributed by atoms with Crippen molar-refractivity contribution in [1.29, 1.82) is 0 Å². The summed E-state index contributed by atoms with van der Waals surface area (Å²) in [5, 5.41) is 3.30. The average molecular weight is 439 g/mol. The van der Waals surface area contributed by atoms with Crippen molar-refractivity contribution in [3.8, 4) is 5.75 Å². The molecule has 1 heterocycles. The lowest BCUT2D eigenvalue weighted by Crippen LogP contribution is -2.31. The maximum Gasteiger partial charge on any atom is 0.262 e. The number of carbonyl (C=O) groups excluding carboxylic acids is 1. The summed E-state index contributed by atoms with van der Waals surface area (Å²) in [5.74, 6) is 0.186. The largest absolute Gasteiger partial charge is 0.484 e. The van der Waals surface area contributed by atoms with Gasteiger partial charge in [0, 0.05) is 23.9 Å². The van der Waals surface area contributed by atoms with Crippen LogP contribution in [0.5, 0.6) is 5.75 Å². The number of carbonyl (C=O) groups is 1. The fourth-order valence-electron chi connectivity index (χ4n) is 2.86. The van der Waals surface area contributed by atoms with Crippen LogP contribution >= 0.6 is 11.6 Å². The maximum absolute atomic E-state index is 12.3. The van der Waals surface area contributed by atoms with Crippen molar-refractivity contribution in [3.63, 3.8) is 0 Å². The number of hydrogen-bond donors (Lipinski definition) is 2. The molecule has 1 fully saturated rings. The van der Waals surface area contributed by atoms with Gasteiger partial charge in [0.15, 0.2) is 6.61 Å². The zero-order valence-corrected chi connectivity index (χ0v) is 17.6. The van der Waals surface area contributed by atoms with E-state index in [0.29, 0.717) is 23.1 Å². The molecule has 2 aromatic rings. The van der Waals surface area contributed by atoms with Gasteiger partial charge >= 0.3 is 0 Å². The van der Waals surface area contributed by atoms with E-state index in [1.165, 1.54) is 24.3 Å². The van der Waals surface area contributed by atoms with Crippen LogP contribution in [-0.4, -0.2) is 40.2 Å². The smallest absolute Gasteiger partial charge is 0.262 e. The molecule has 1 unspecified atom stereocenters.